The van der Waals surface area contributed by atoms with E-state index in [-0.39, 0.29) is 5.91 Å². The SMILES string of the molecule is CCCNC(=O)c1cccc(CNC(=NC)NC2CCN(C3CCCC3)C2)c1. The van der Waals surface area contributed by atoms with Gasteiger partial charge < -0.3 is 16.0 Å². The maximum atomic E-state index is 12.1. The molecule has 1 saturated heterocycles. The van der Waals surface area contributed by atoms with Gasteiger partial charge in [-0.2, -0.15) is 0 Å². The number of nitrogens with one attached hydrogen (secondary N) is 3. The lowest BCUT2D eigenvalue weighted by molar-refractivity contribution is 0.0953. The third-order valence-electron chi connectivity index (χ3n) is 5.81. The number of hydrogen-bond donors (Lipinski definition) is 3. The molecule has 1 unspecified atom stereocenters. The smallest absolute Gasteiger partial charge is 0.251 e. The van der Waals surface area contributed by atoms with Crippen molar-refractivity contribution in [3.05, 3.63) is 35.4 Å². The van der Waals surface area contributed by atoms with Crippen LogP contribution in [0.5, 0.6) is 0 Å². The zero-order valence-corrected chi connectivity index (χ0v) is 17.3. The largest absolute Gasteiger partial charge is 0.352 e. The monoisotopic (exact) mass is 385 g/mol. The highest BCUT2D eigenvalue weighted by molar-refractivity contribution is 5.94. The fourth-order valence-electron chi connectivity index (χ4n) is 4.24. The minimum atomic E-state index is -0.0100. The van der Waals surface area contributed by atoms with Gasteiger partial charge in [-0.3, -0.25) is 14.7 Å². The number of carbonyl (C=O) groups is 1. The molecule has 3 N–H and O–H groups in total. The first-order valence-corrected chi connectivity index (χ1v) is 10.8. The molecule has 1 amide bonds. The van der Waals surface area contributed by atoms with Gasteiger partial charge in [0, 0.05) is 50.9 Å². The predicted molar refractivity (Wildman–Crippen MR) is 115 cm³/mol. The zero-order valence-electron chi connectivity index (χ0n) is 17.3. The Hall–Kier alpha value is -2.08. The van der Waals surface area contributed by atoms with Crippen molar-refractivity contribution in [1.82, 2.24) is 20.9 Å². The molecule has 1 saturated carbocycles. The standard InChI is InChI=1S/C22H35N5O/c1-3-12-24-21(28)18-8-6-7-17(14-18)15-25-22(23-2)26-19-11-13-27(16-19)20-9-4-5-10-20/h6-8,14,19-20H,3-5,9-13,15-16H2,1-2H3,(H,24,28)(H2,23,25,26). The van der Waals surface area contributed by atoms with Gasteiger partial charge in [0.25, 0.3) is 5.91 Å². The van der Waals surface area contributed by atoms with E-state index in [2.05, 4.69) is 32.8 Å². The van der Waals surface area contributed by atoms with Crippen molar-refractivity contribution in [2.24, 2.45) is 4.99 Å². The molecule has 0 aromatic heterocycles. The van der Waals surface area contributed by atoms with Gasteiger partial charge >= 0.3 is 0 Å². The lowest BCUT2D eigenvalue weighted by atomic mass is 10.1. The van der Waals surface area contributed by atoms with Crippen LogP contribution in [0.15, 0.2) is 29.3 Å². The molecule has 1 aliphatic heterocycles. The first kappa shape index (κ1) is 20.6. The average molecular weight is 386 g/mol. The van der Waals surface area contributed by atoms with E-state index in [0.29, 0.717) is 24.7 Å². The second kappa shape index (κ2) is 10.5. The highest BCUT2D eigenvalue weighted by atomic mass is 16.1. The Morgan fingerprint density at radius 2 is 2.04 bits per heavy atom. The van der Waals surface area contributed by atoms with Crippen molar-refractivity contribution in [1.29, 1.82) is 0 Å². The number of amides is 1. The van der Waals surface area contributed by atoms with Crippen molar-refractivity contribution < 1.29 is 4.79 Å². The van der Waals surface area contributed by atoms with E-state index < -0.39 is 0 Å². The zero-order chi connectivity index (χ0) is 19.8. The van der Waals surface area contributed by atoms with Crippen molar-refractivity contribution in [3.8, 4) is 0 Å². The summed E-state index contributed by atoms with van der Waals surface area (Å²) >= 11 is 0. The van der Waals surface area contributed by atoms with Crippen LogP contribution in [0.4, 0.5) is 0 Å². The minimum absolute atomic E-state index is 0.0100. The summed E-state index contributed by atoms with van der Waals surface area (Å²) < 4.78 is 0. The second-order valence-corrected chi connectivity index (χ2v) is 7.95. The molecule has 1 atom stereocenters. The number of guanidine groups is 1. The summed E-state index contributed by atoms with van der Waals surface area (Å²) in [6.45, 7) is 5.70. The molecule has 2 fully saturated rings. The number of nitrogens with zero attached hydrogens (tertiary/aromatic N) is 2. The molecule has 2 aliphatic rings. The van der Waals surface area contributed by atoms with Gasteiger partial charge in [-0.15, -0.1) is 0 Å². The number of rotatable bonds is 7. The molecule has 1 aromatic rings. The van der Waals surface area contributed by atoms with Gasteiger partial charge in [0.15, 0.2) is 5.96 Å². The van der Waals surface area contributed by atoms with Gasteiger partial charge in [-0.05, 0) is 43.4 Å². The summed E-state index contributed by atoms with van der Waals surface area (Å²) in [5, 5.41) is 9.89. The fraction of sp³-hybridized carbons (Fsp3) is 0.636. The van der Waals surface area contributed by atoms with E-state index in [1.165, 1.54) is 38.6 Å². The molecule has 0 spiro atoms. The van der Waals surface area contributed by atoms with E-state index in [0.717, 1.165) is 30.5 Å². The van der Waals surface area contributed by atoms with Crippen molar-refractivity contribution in [3.63, 3.8) is 0 Å². The van der Waals surface area contributed by atoms with Crippen LogP contribution >= 0.6 is 0 Å². The molecule has 1 aliphatic carbocycles. The molecule has 28 heavy (non-hydrogen) atoms. The Balaban J connectivity index is 1.47. The molecule has 0 radical (unpaired) electrons. The summed E-state index contributed by atoms with van der Waals surface area (Å²) in [5.74, 6) is 0.822. The number of likely N-dealkylation sites (tertiary alicyclic amines) is 1. The first-order valence-electron chi connectivity index (χ1n) is 10.8. The summed E-state index contributed by atoms with van der Waals surface area (Å²) in [7, 11) is 1.81. The average Bonchev–Trinajstić information content (AvgIpc) is 3.41. The van der Waals surface area contributed by atoms with E-state index in [9.17, 15) is 4.79 Å². The topological polar surface area (TPSA) is 68.8 Å². The van der Waals surface area contributed by atoms with Crippen LogP contribution in [0.3, 0.4) is 0 Å². The molecule has 3 rings (SSSR count). The van der Waals surface area contributed by atoms with Crippen LogP contribution in [-0.4, -0.2) is 55.5 Å². The first-order chi connectivity index (χ1) is 13.7. The summed E-state index contributed by atoms with van der Waals surface area (Å²) in [6, 6.07) is 9.03. The van der Waals surface area contributed by atoms with Crippen LogP contribution in [0, 0.1) is 0 Å². The Morgan fingerprint density at radius 3 is 2.79 bits per heavy atom. The van der Waals surface area contributed by atoms with Gasteiger partial charge in [0.2, 0.25) is 0 Å². The Morgan fingerprint density at radius 1 is 1.21 bits per heavy atom. The van der Waals surface area contributed by atoms with Gasteiger partial charge in [0.1, 0.15) is 0 Å². The van der Waals surface area contributed by atoms with Crippen molar-refractivity contribution in [2.75, 3.05) is 26.7 Å². The molecule has 1 aromatic carbocycles. The summed E-state index contributed by atoms with van der Waals surface area (Å²) in [6.07, 6.45) is 7.61. The van der Waals surface area contributed by atoms with E-state index in [1.54, 1.807) is 0 Å². The van der Waals surface area contributed by atoms with Crippen molar-refractivity contribution >= 4 is 11.9 Å². The van der Waals surface area contributed by atoms with Crippen molar-refractivity contribution in [2.45, 2.75) is 64.1 Å². The Bertz CT molecular complexity index is 669. The fourth-order valence-corrected chi connectivity index (χ4v) is 4.24. The summed E-state index contributed by atoms with van der Waals surface area (Å²) in [4.78, 5) is 19.2. The lowest BCUT2D eigenvalue weighted by Gasteiger charge is -2.24. The predicted octanol–water partition coefficient (Wildman–Crippen LogP) is 2.51. The molecule has 0 bridgehead atoms. The van der Waals surface area contributed by atoms with Crippen LogP contribution in [-0.2, 0) is 6.54 Å². The maximum Gasteiger partial charge on any atom is 0.251 e. The quantitative estimate of drug-likeness (QED) is 0.498. The van der Waals surface area contributed by atoms with Crippen LogP contribution < -0.4 is 16.0 Å². The van der Waals surface area contributed by atoms with E-state index in [1.807, 2.05) is 31.3 Å². The van der Waals surface area contributed by atoms with Gasteiger partial charge in [-0.25, -0.2) is 0 Å². The highest BCUT2D eigenvalue weighted by Crippen LogP contribution is 2.26. The van der Waals surface area contributed by atoms with Crippen LogP contribution in [0.25, 0.3) is 0 Å². The van der Waals surface area contributed by atoms with Gasteiger partial charge in [-0.1, -0.05) is 31.9 Å². The minimum Gasteiger partial charge on any atom is -0.352 e. The third-order valence-corrected chi connectivity index (χ3v) is 5.81. The third kappa shape index (κ3) is 5.71. The number of benzene rings is 1. The molecule has 6 heteroatoms. The number of carbonyl (C=O) groups excluding carboxylic acids is 1. The van der Waals surface area contributed by atoms with E-state index in [4.69, 9.17) is 0 Å². The molecule has 154 valence electrons. The number of hydrogen-bond acceptors (Lipinski definition) is 3. The molecule has 1 heterocycles. The van der Waals surface area contributed by atoms with Gasteiger partial charge in [0.05, 0.1) is 0 Å². The second-order valence-electron chi connectivity index (χ2n) is 7.95. The molecular weight excluding hydrogens is 350 g/mol. The maximum absolute atomic E-state index is 12.1. The normalized spacial score (nSPS) is 21.1. The Labute approximate surface area is 169 Å². The summed E-state index contributed by atoms with van der Waals surface area (Å²) in [5.41, 5.74) is 1.78. The highest BCUT2D eigenvalue weighted by Gasteiger charge is 2.30. The Kier molecular flexibility index (Phi) is 7.71. The lowest BCUT2D eigenvalue weighted by Crippen LogP contribution is -2.45. The van der Waals surface area contributed by atoms with Crippen LogP contribution in [0.2, 0.25) is 0 Å². The van der Waals surface area contributed by atoms with Crippen LogP contribution in [0.1, 0.15) is 61.4 Å². The molecular formula is C22H35N5O. The van der Waals surface area contributed by atoms with E-state index >= 15 is 0 Å². The molecule has 6 nitrogen and oxygen atoms in total. The number of aliphatic imine (C=N–C) groups is 1.